The van der Waals surface area contributed by atoms with Crippen LogP contribution in [-0.2, 0) is 9.84 Å². The van der Waals surface area contributed by atoms with Crippen molar-refractivity contribution in [2.24, 2.45) is 5.73 Å². The summed E-state index contributed by atoms with van der Waals surface area (Å²) in [5.74, 6) is -0.545. The summed E-state index contributed by atoms with van der Waals surface area (Å²) in [7, 11) is -3.31. The summed E-state index contributed by atoms with van der Waals surface area (Å²) in [6.45, 7) is 0. The average molecular weight is 256 g/mol. The summed E-state index contributed by atoms with van der Waals surface area (Å²) in [6, 6.07) is 4.65. The standard InChI is InChI=1S/C9H8N2O3S2/c1-16(13,14)9-11-6-3-2-5(8(10)12)4-7(6)15-9/h2-4H,1H3,(H2,10,12). The molecule has 1 aromatic heterocycles. The van der Waals surface area contributed by atoms with Gasteiger partial charge in [0, 0.05) is 11.8 Å². The third-order valence-electron chi connectivity index (χ3n) is 1.97. The molecule has 1 aromatic carbocycles. The Morgan fingerprint density at radius 2 is 2.12 bits per heavy atom. The Labute approximate surface area is 95.8 Å². The molecule has 0 saturated carbocycles. The van der Waals surface area contributed by atoms with Crippen molar-refractivity contribution < 1.29 is 13.2 Å². The third kappa shape index (κ3) is 1.91. The lowest BCUT2D eigenvalue weighted by Gasteiger charge is -1.92. The van der Waals surface area contributed by atoms with Crippen LogP contribution in [0.25, 0.3) is 10.2 Å². The van der Waals surface area contributed by atoms with Crippen LogP contribution < -0.4 is 5.73 Å². The van der Waals surface area contributed by atoms with Gasteiger partial charge in [-0.3, -0.25) is 4.79 Å². The number of sulfone groups is 1. The normalized spacial score (nSPS) is 11.8. The lowest BCUT2D eigenvalue weighted by atomic mass is 10.2. The van der Waals surface area contributed by atoms with E-state index in [1.54, 1.807) is 12.1 Å². The minimum atomic E-state index is -3.31. The van der Waals surface area contributed by atoms with E-state index in [4.69, 9.17) is 5.73 Å². The largest absolute Gasteiger partial charge is 0.366 e. The van der Waals surface area contributed by atoms with Gasteiger partial charge in [0.05, 0.1) is 10.2 Å². The Bertz CT molecular complexity index is 673. The van der Waals surface area contributed by atoms with E-state index >= 15 is 0 Å². The molecule has 84 valence electrons. The van der Waals surface area contributed by atoms with Gasteiger partial charge < -0.3 is 5.73 Å². The molecule has 0 bridgehead atoms. The van der Waals surface area contributed by atoms with Crippen LogP contribution in [0, 0.1) is 0 Å². The van der Waals surface area contributed by atoms with Gasteiger partial charge in [0.25, 0.3) is 0 Å². The smallest absolute Gasteiger partial charge is 0.248 e. The predicted octanol–water partition coefficient (Wildman–Crippen LogP) is 0.799. The minimum Gasteiger partial charge on any atom is -0.366 e. The summed E-state index contributed by atoms with van der Waals surface area (Å²) in [4.78, 5) is 14.9. The van der Waals surface area contributed by atoms with Crippen LogP contribution in [0.4, 0.5) is 0 Å². The first-order chi connectivity index (χ1) is 7.38. The fourth-order valence-electron chi connectivity index (χ4n) is 1.22. The summed E-state index contributed by atoms with van der Waals surface area (Å²) >= 11 is 1.03. The molecule has 2 aromatic rings. The van der Waals surface area contributed by atoms with Crippen molar-refractivity contribution in [2.45, 2.75) is 4.34 Å². The zero-order chi connectivity index (χ0) is 11.9. The number of rotatable bonds is 2. The molecule has 0 fully saturated rings. The van der Waals surface area contributed by atoms with Gasteiger partial charge in [0.2, 0.25) is 20.1 Å². The molecule has 0 spiro atoms. The van der Waals surface area contributed by atoms with Crippen molar-refractivity contribution >= 4 is 37.3 Å². The number of hydrogen-bond acceptors (Lipinski definition) is 5. The molecule has 0 atom stereocenters. The second-order valence-electron chi connectivity index (χ2n) is 3.30. The zero-order valence-corrected chi connectivity index (χ0v) is 9.93. The van der Waals surface area contributed by atoms with E-state index < -0.39 is 15.7 Å². The number of primary amides is 1. The minimum absolute atomic E-state index is 0.0455. The van der Waals surface area contributed by atoms with E-state index in [0.29, 0.717) is 15.8 Å². The molecule has 0 aliphatic heterocycles. The first-order valence-electron chi connectivity index (χ1n) is 4.28. The van der Waals surface area contributed by atoms with Crippen molar-refractivity contribution in [1.82, 2.24) is 4.98 Å². The summed E-state index contributed by atoms with van der Waals surface area (Å²) in [5.41, 5.74) is 6.02. The third-order valence-corrected chi connectivity index (χ3v) is 4.67. The van der Waals surface area contributed by atoms with E-state index in [2.05, 4.69) is 4.98 Å². The number of benzene rings is 1. The van der Waals surface area contributed by atoms with Gasteiger partial charge in [0.1, 0.15) is 0 Å². The van der Waals surface area contributed by atoms with E-state index in [1.807, 2.05) is 0 Å². The number of amides is 1. The number of hydrogen-bond donors (Lipinski definition) is 1. The Hall–Kier alpha value is -1.47. The summed E-state index contributed by atoms with van der Waals surface area (Å²) in [5, 5.41) is 0. The van der Waals surface area contributed by atoms with E-state index in [0.717, 1.165) is 17.6 Å². The molecule has 0 aliphatic carbocycles. The molecule has 2 N–H and O–H groups in total. The highest BCUT2D eigenvalue weighted by Crippen LogP contribution is 2.26. The van der Waals surface area contributed by atoms with E-state index in [-0.39, 0.29) is 4.34 Å². The number of carbonyl (C=O) groups is 1. The predicted molar refractivity (Wildman–Crippen MR) is 61.2 cm³/mol. The van der Waals surface area contributed by atoms with Crippen LogP contribution >= 0.6 is 11.3 Å². The van der Waals surface area contributed by atoms with Crippen LogP contribution in [-0.4, -0.2) is 25.6 Å². The van der Waals surface area contributed by atoms with Crippen LogP contribution in [0.1, 0.15) is 10.4 Å². The van der Waals surface area contributed by atoms with Crippen molar-refractivity contribution in [2.75, 3.05) is 6.26 Å². The van der Waals surface area contributed by atoms with Crippen LogP contribution in [0.3, 0.4) is 0 Å². The van der Waals surface area contributed by atoms with Gasteiger partial charge in [-0.2, -0.15) is 0 Å². The molecule has 0 aliphatic rings. The van der Waals surface area contributed by atoms with Crippen LogP contribution in [0.15, 0.2) is 22.5 Å². The highest BCUT2D eigenvalue weighted by Gasteiger charge is 2.14. The number of fused-ring (bicyclic) bond motifs is 1. The molecule has 16 heavy (non-hydrogen) atoms. The molecular weight excluding hydrogens is 248 g/mol. The van der Waals surface area contributed by atoms with Gasteiger partial charge in [-0.25, -0.2) is 13.4 Å². The molecule has 0 radical (unpaired) electrons. The molecule has 1 amide bonds. The first kappa shape index (κ1) is 11.0. The quantitative estimate of drug-likeness (QED) is 0.860. The van der Waals surface area contributed by atoms with E-state index in [9.17, 15) is 13.2 Å². The van der Waals surface area contributed by atoms with Crippen LogP contribution in [0.5, 0.6) is 0 Å². The Morgan fingerprint density at radius 3 is 2.69 bits per heavy atom. The molecule has 5 nitrogen and oxygen atoms in total. The average Bonchev–Trinajstić information content (AvgIpc) is 2.58. The SMILES string of the molecule is CS(=O)(=O)c1nc2ccc(C(N)=O)cc2s1. The topological polar surface area (TPSA) is 90.1 Å². The van der Waals surface area contributed by atoms with E-state index in [1.165, 1.54) is 6.07 Å². The highest BCUT2D eigenvalue weighted by molar-refractivity contribution is 7.92. The molecule has 1 heterocycles. The van der Waals surface area contributed by atoms with Crippen molar-refractivity contribution in [3.8, 4) is 0 Å². The van der Waals surface area contributed by atoms with Gasteiger partial charge in [-0.05, 0) is 18.2 Å². The molecule has 2 rings (SSSR count). The summed E-state index contributed by atoms with van der Waals surface area (Å²) in [6.07, 6.45) is 1.10. The summed E-state index contributed by atoms with van der Waals surface area (Å²) < 4.78 is 23.2. The molecule has 7 heteroatoms. The van der Waals surface area contributed by atoms with Crippen molar-refractivity contribution in [3.05, 3.63) is 23.8 Å². The second kappa shape index (κ2) is 3.53. The monoisotopic (exact) mass is 256 g/mol. The number of aromatic nitrogens is 1. The number of thiazole rings is 1. The maximum atomic E-state index is 11.3. The van der Waals surface area contributed by atoms with Crippen molar-refractivity contribution in [3.63, 3.8) is 0 Å². The second-order valence-corrected chi connectivity index (χ2v) is 6.52. The fourth-order valence-corrected chi connectivity index (χ4v) is 3.09. The highest BCUT2D eigenvalue weighted by atomic mass is 32.2. The lowest BCUT2D eigenvalue weighted by Crippen LogP contribution is -2.10. The number of nitrogens with two attached hydrogens (primary N) is 1. The Kier molecular flexibility index (Phi) is 2.43. The lowest BCUT2D eigenvalue weighted by molar-refractivity contribution is 0.100. The molecule has 0 saturated heterocycles. The number of carbonyl (C=O) groups excluding carboxylic acids is 1. The Morgan fingerprint density at radius 1 is 1.44 bits per heavy atom. The van der Waals surface area contributed by atoms with Crippen molar-refractivity contribution in [1.29, 1.82) is 0 Å². The Balaban J connectivity index is 2.68. The maximum Gasteiger partial charge on any atom is 0.248 e. The first-order valence-corrected chi connectivity index (χ1v) is 6.99. The van der Waals surface area contributed by atoms with Gasteiger partial charge in [-0.15, -0.1) is 11.3 Å². The number of nitrogens with zero attached hydrogens (tertiary/aromatic N) is 1. The maximum absolute atomic E-state index is 11.3. The zero-order valence-electron chi connectivity index (χ0n) is 8.30. The van der Waals surface area contributed by atoms with Gasteiger partial charge >= 0.3 is 0 Å². The van der Waals surface area contributed by atoms with Crippen LogP contribution in [0.2, 0.25) is 0 Å². The van der Waals surface area contributed by atoms with Gasteiger partial charge in [-0.1, -0.05) is 0 Å². The fraction of sp³-hybridized carbons (Fsp3) is 0.111. The molecular formula is C9H8N2O3S2. The van der Waals surface area contributed by atoms with Gasteiger partial charge in [0.15, 0.2) is 0 Å². The molecule has 0 unspecified atom stereocenters.